The number of rotatable bonds is 5. The van der Waals surface area contributed by atoms with Gasteiger partial charge in [-0.15, -0.1) is 0 Å². The first-order valence-electron chi connectivity index (χ1n) is 7.48. The van der Waals surface area contributed by atoms with Crippen LogP contribution in [-0.4, -0.2) is 40.0 Å². The number of carbonyl (C=O) groups is 1. The van der Waals surface area contributed by atoms with E-state index in [9.17, 15) is 4.79 Å². The first kappa shape index (κ1) is 14.6. The number of H-pyrrole nitrogens is 1. The topological polar surface area (TPSA) is 84.2 Å². The van der Waals surface area contributed by atoms with Crippen molar-refractivity contribution in [2.75, 3.05) is 13.1 Å². The van der Waals surface area contributed by atoms with E-state index >= 15 is 0 Å². The van der Waals surface area contributed by atoms with Crippen LogP contribution in [-0.2, 0) is 6.54 Å². The van der Waals surface area contributed by atoms with Gasteiger partial charge in [0.1, 0.15) is 11.7 Å². The van der Waals surface area contributed by atoms with Crippen molar-refractivity contribution in [3.8, 4) is 5.88 Å². The minimum atomic E-state index is -0.507. The number of hydrogen-bond acceptors (Lipinski definition) is 4. The molecule has 2 aromatic heterocycles. The number of nitrogens with zero attached hydrogens (tertiary/aromatic N) is 2. The zero-order valence-corrected chi connectivity index (χ0v) is 12.4. The van der Waals surface area contributed by atoms with E-state index in [-0.39, 0.29) is 6.10 Å². The lowest BCUT2D eigenvalue weighted by atomic mass is 10.1. The van der Waals surface area contributed by atoms with Gasteiger partial charge in [0.05, 0.1) is 0 Å². The number of hydrogen-bond donors (Lipinski definition) is 2. The third kappa shape index (κ3) is 3.46. The molecule has 6 nitrogen and oxygen atoms in total. The summed E-state index contributed by atoms with van der Waals surface area (Å²) in [6.07, 6.45) is 5.46. The Morgan fingerprint density at radius 3 is 2.86 bits per heavy atom. The first-order chi connectivity index (χ1) is 10.7. The molecule has 6 heteroatoms. The van der Waals surface area contributed by atoms with Gasteiger partial charge in [0, 0.05) is 37.7 Å². The molecule has 0 saturated carbocycles. The fourth-order valence-electron chi connectivity index (χ4n) is 2.72. The lowest BCUT2D eigenvalue weighted by Gasteiger charge is -2.31. The standard InChI is InChI=1S/C16H20N4O2/c17-15(21)14-4-2-8-19-16(14)22-13-5-9-20(10-6-13)11-12-3-1-7-18-12/h1-4,7-8,13,18H,5-6,9-11H2,(H2,17,21). The van der Waals surface area contributed by atoms with Gasteiger partial charge in [0.15, 0.2) is 0 Å². The van der Waals surface area contributed by atoms with Crippen LogP contribution >= 0.6 is 0 Å². The van der Waals surface area contributed by atoms with E-state index in [2.05, 4.69) is 20.9 Å². The van der Waals surface area contributed by atoms with Gasteiger partial charge in [-0.2, -0.15) is 0 Å². The number of piperidine rings is 1. The highest BCUT2D eigenvalue weighted by atomic mass is 16.5. The highest BCUT2D eigenvalue weighted by Crippen LogP contribution is 2.21. The van der Waals surface area contributed by atoms with E-state index < -0.39 is 5.91 Å². The second kappa shape index (κ2) is 6.62. The molecule has 3 heterocycles. The van der Waals surface area contributed by atoms with Crippen molar-refractivity contribution < 1.29 is 9.53 Å². The highest BCUT2D eigenvalue weighted by Gasteiger charge is 2.22. The van der Waals surface area contributed by atoms with Gasteiger partial charge in [0.25, 0.3) is 5.91 Å². The van der Waals surface area contributed by atoms with E-state index in [4.69, 9.17) is 10.5 Å². The van der Waals surface area contributed by atoms with Crippen molar-refractivity contribution in [1.82, 2.24) is 14.9 Å². The Balaban J connectivity index is 1.55. The van der Waals surface area contributed by atoms with Crippen LogP contribution < -0.4 is 10.5 Å². The summed E-state index contributed by atoms with van der Waals surface area (Å²) in [5.41, 5.74) is 6.91. The van der Waals surface area contributed by atoms with Crippen LogP contribution in [0.4, 0.5) is 0 Å². The Hall–Kier alpha value is -2.34. The number of nitrogens with one attached hydrogen (secondary N) is 1. The number of carbonyl (C=O) groups excluding carboxylic acids is 1. The summed E-state index contributed by atoms with van der Waals surface area (Å²) in [5.74, 6) is -0.162. The van der Waals surface area contributed by atoms with E-state index in [0.717, 1.165) is 32.5 Å². The molecule has 116 valence electrons. The zero-order chi connectivity index (χ0) is 15.4. The van der Waals surface area contributed by atoms with Crippen molar-refractivity contribution in [2.24, 2.45) is 5.73 Å². The second-order valence-corrected chi connectivity index (χ2v) is 5.51. The first-order valence-corrected chi connectivity index (χ1v) is 7.48. The summed E-state index contributed by atoms with van der Waals surface area (Å²) < 4.78 is 5.88. The molecule has 3 rings (SSSR count). The molecule has 0 atom stereocenters. The van der Waals surface area contributed by atoms with Crippen LogP contribution in [0.5, 0.6) is 5.88 Å². The van der Waals surface area contributed by atoms with Gasteiger partial charge in [-0.05, 0) is 37.1 Å². The van der Waals surface area contributed by atoms with Gasteiger partial charge < -0.3 is 15.5 Å². The normalized spacial score (nSPS) is 16.5. The number of nitrogens with two attached hydrogens (primary N) is 1. The Morgan fingerprint density at radius 2 is 2.18 bits per heavy atom. The highest BCUT2D eigenvalue weighted by molar-refractivity contribution is 5.94. The van der Waals surface area contributed by atoms with Crippen molar-refractivity contribution in [2.45, 2.75) is 25.5 Å². The van der Waals surface area contributed by atoms with Gasteiger partial charge in [-0.3, -0.25) is 9.69 Å². The maximum absolute atomic E-state index is 11.4. The predicted molar refractivity (Wildman–Crippen MR) is 82.5 cm³/mol. The molecule has 1 amide bonds. The molecule has 2 aromatic rings. The van der Waals surface area contributed by atoms with E-state index in [1.807, 2.05) is 12.3 Å². The van der Waals surface area contributed by atoms with E-state index in [1.165, 1.54) is 5.69 Å². The van der Waals surface area contributed by atoms with Crippen LogP contribution in [0.3, 0.4) is 0 Å². The quantitative estimate of drug-likeness (QED) is 0.877. The molecule has 0 aromatic carbocycles. The fourth-order valence-corrected chi connectivity index (χ4v) is 2.72. The summed E-state index contributed by atoms with van der Waals surface area (Å²) in [5, 5.41) is 0. The van der Waals surface area contributed by atoms with E-state index in [1.54, 1.807) is 18.3 Å². The summed E-state index contributed by atoms with van der Waals surface area (Å²) >= 11 is 0. The van der Waals surface area contributed by atoms with Gasteiger partial charge in [-0.1, -0.05) is 0 Å². The van der Waals surface area contributed by atoms with Crippen molar-refractivity contribution in [3.05, 3.63) is 47.9 Å². The average molecular weight is 300 g/mol. The number of aromatic amines is 1. The molecule has 0 radical (unpaired) electrons. The molecule has 1 aliphatic heterocycles. The molecule has 1 fully saturated rings. The van der Waals surface area contributed by atoms with Gasteiger partial charge in [0.2, 0.25) is 5.88 Å². The summed E-state index contributed by atoms with van der Waals surface area (Å²) in [6.45, 7) is 2.85. The van der Waals surface area contributed by atoms with Gasteiger partial charge in [-0.25, -0.2) is 4.98 Å². The fraction of sp³-hybridized carbons (Fsp3) is 0.375. The Labute approximate surface area is 129 Å². The third-order valence-corrected chi connectivity index (χ3v) is 3.91. The molecule has 22 heavy (non-hydrogen) atoms. The van der Waals surface area contributed by atoms with Gasteiger partial charge >= 0.3 is 0 Å². The van der Waals surface area contributed by atoms with Crippen LogP contribution in [0.1, 0.15) is 28.9 Å². The molecule has 1 aliphatic rings. The monoisotopic (exact) mass is 300 g/mol. The third-order valence-electron chi connectivity index (χ3n) is 3.91. The Morgan fingerprint density at radius 1 is 1.36 bits per heavy atom. The van der Waals surface area contributed by atoms with E-state index in [0.29, 0.717) is 11.4 Å². The maximum atomic E-state index is 11.4. The van der Waals surface area contributed by atoms with Crippen molar-refractivity contribution in [1.29, 1.82) is 0 Å². The number of aromatic nitrogens is 2. The Kier molecular flexibility index (Phi) is 4.39. The molecule has 3 N–H and O–H groups in total. The molecule has 0 aliphatic carbocycles. The van der Waals surface area contributed by atoms with Crippen molar-refractivity contribution in [3.63, 3.8) is 0 Å². The van der Waals surface area contributed by atoms with Crippen LogP contribution in [0, 0.1) is 0 Å². The lowest BCUT2D eigenvalue weighted by Crippen LogP contribution is -2.38. The number of pyridine rings is 1. The number of amides is 1. The SMILES string of the molecule is NC(=O)c1cccnc1OC1CCN(Cc2ccc[nH]2)CC1. The molecule has 0 bridgehead atoms. The molecule has 0 spiro atoms. The smallest absolute Gasteiger partial charge is 0.254 e. The largest absolute Gasteiger partial charge is 0.474 e. The molecule has 1 saturated heterocycles. The second-order valence-electron chi connectivity index (χ2n) is 5.51. The van der Waals surface area contributed by atoms with Crippen molar-refractivity contribution >= 4 is 5.91 Å². The number of likely N-dealkylation sites (tertiary alicyclic amines) is 1. The number of primary amides is 1. The minimum absolute atomic E-state index is 0.0768. The Bertz CT molecular complexity index is 619. The zero-order valence-electron chi connectivity index (χ0n) is 12.4. The summed E-state index contributed by atoms with van der Waals surface area (Å²) in [7, 11) is 0. The summed E-state index contributed by atoms with van der Waals surface area (Å²) in [4.78, 5) is 21.1. The van der Waals surface area contributed by atoms with Crippen LogP contribution in [0.2, 0.25) is 0 Å². The molecular weight excluding hydrogens is 280 g/mol. The average Bonchev–Trinajstić information content (AvgIpc) is 3.02. The molecule has 0 unspecified atom stereocenters. The lowest BCUT2D eigenvalue weighted by molar-refractivity contribution is 0.0884. The molecular formula is C16H20N4O2. The van der Waals surface area contributed by atoms with Crippen LogP contribution in [0.15, 0.2) is 36.7 Å². The van der Waals surface area contributed by atoms with Crippen LogP contribution in [0.25, 0.3) is 0 Å². The minimum Gasteiger partial charge on any atom is -0.474 e. The summed E-state index contributed by atoms with van der Waals surface area (Å²) in [6, 6.07) is 7.43. The number of ether oxygens (including phenoxy) is 1. The maximum Gasteiger partial charge on any atom is 0.254 e. The predicted octanol–water partition coefficient (Wildman–Crippen LogP) is 1.55.